The summed E-state index contributed by atoms with van der Waals surface area (Å²) >= 11 is 4.45. The van der Waals surface area contributed by atoms with Gasteiger partial charge in [0.1, 0.15) is 23.1 Å². The summed E-state index contributed by atoms with van der Waals surface area (Å²) in [6.07, 6.45) is 0. The number of aromatic nitrogens is 2. The SMILES string of the molecule is COc1ccc(OC)c(-c2nc(SCC(=O)c3ccc(Br)cc3)nc(Nc3cccc(S(N)(=O)=O)c3)c2C#N)c1. The number of hydrogen-bond donors (Lipinski definition) is 2. The second-order valence-electron chi connectivity index (χ2n) is 8.17. The predicted molar refractivity (Wildman–Crippen MR) is 156 cm³/mol. The Morgan fingerprint density at radius 1 is 1.07 bits per heavy atom. The maximum Gasteiger partial charge on any atom is 0.238 e. The third-order valence-electron chi connectivity index (χ3n) is 5.59. The van der Waals surface area contributed by atoms with Gasteiger partial charge in [-0.2, -0.15) is 5.26 Å². The van der Waals surface area contributed by atoms with E-state index >= 15 is 0 Å². The fourth-order valence-corrected chi connectivity index (χ4v) is 5.19. The molecule has 0 fully saturated rings. The first-order valence-electron chi connectivity index (χ1n) is 11.5. The summed E-state index contributed by atoms with van der Waals surface area (Å²) in [4.78, 5) is 21.8. The number of primary sulfonamides is 1. The van der Waals surface area contributed by atoms with Gasteiger partial charge >= 0.3 is 0 Å². The smallest absolute Gasteiger partial charge is 0.238 e. The zero-order valence-electron chi connectivity index (χ0n) is 21.2. The number of anilines is 2. The van der Waals surface area contributed by atoms with Gasteiger partial charge < -0.3 is 14.8 Å². The summed E-state index contributed by atoms with van der Waals surface area (Å²) in [5, 5.41) is 18.7. The van der Waals surface area contributed by atoms with E-state index in [4.69, 9.17) is 14.6 Å². The number of Topliss-reactive ketones (excluding diaryl/α,β-unsaturated/α-hetero) is 1. The van der Waals surface area contributed by atoms with Crippen LogP contribution in [0.25, 0.3) is 11.3 Å². The molecule has 1 heterocycles. The number of methoxy groups -OCH3 is 2. The number of nitrogens with two attached hydrogens (primary N) is 1. The number of ketones is 1. The van der Waals surface area contributed by atoms with Gasteiger partial charge in [-0.05, 0) is 48.5 Å². The number of ether oxygens (including phenoxy) is 2. The Balaban J connectivity index is 1.81. The molecule has 0 amide bonds. The first kappa shape index (κ1) is 29.0. The van der Waals surface area contributed by atoms with Crippen molar-refractivity contribution in [2.24, 2.45) is 5.14 Å². The van der Waals surface area contributed by atoms with Crippen molar-refractivity contribution in [3.8, 4) is 28.8 Å². The van der Waals surface area contributed by atoms with Crippen LogP contribution in [0.4, 0.5) is 11.5 Å². The second-order valence-corrected chi connectivity index (χ2v) is 11.6. The summed E-state index contributed by atoms with van der Waals surface area (Å²) in [5.41, 5.74) is 1.61. The normalized spacial score (nSPS) is 11.0. The molecule has 13 heteroatoms. The Kier molecular flexibility index (Phi) is 9.06. The van der Waals surface area contributed by atoms with Crippen LogP contribution in [0.3, 0.4) is 0 Å². The van der Waals surface area contributed by atoms with Crippen molar-refractivity contribution in [1.82, 2.24) is 9.97 Å². The number of nitriles is 1. The molecule has 204 valence electrons. The van der Waals surface area contributed by atoms with Crippen molar-refractivity contribution in [2.45, 2.75) is 10.1 Å². The van der Waals surface area contributed by atoms with E-state index in [1.165, 1.54) is 32.4 Å². The number of thioether (sulfide) groups is 1. The van der Waals surface area contributed by atoms with Crippen LogP contribution < -0.4 is 19.9 Å². The van der Waals surface area contributed by atoms with Crippen LogP contribution >= 0.6 is 27.7 Å². The average Bonchev–Trinajstić information content (AvgIpc) is 2.95. The van der Waals surface area contributed by atoms with E-state index in [0.717, 1.165) is 16.2 Å². The van der Waals surface area contributed by atoms with Gasteiger partial charge in [0.15, 0.2) is 16.8 Å². The molecule has 0 saturated heterocycles. The lowest BCUT2D eigenvalue weighted by atomic mass is 10.1. The van der Waals surface area contributed by atoms with E-state index < -0.39 is 10.0 Å². The molecule has 0 radical (unpaired) electrons. The topological polar surface area (TPSA) is 157 Å². The van der Waals surface area contributed by atoms with E-state index in [9.17, 15) is 18.5 Å². The van der Waals surface area contributed by atoms with Gasteiger partial charge in [0, 0.05) is 21.3 Å². The minimum atomic E-state index is -3.97. The monoisotopic (exact) mass is 639 g/mol. The number of carbonyl (C=O) groups excluding carboxylic acids is 1. The van der Waals surface area contributed by atoms with Crippen molar-refractivity contribution in [3.05, 3.63) is 82.3 Å². The zero-order valence-corrected chi connectivity index (χ0v) is 24.4. The molecule has 0 aliphatic heterocycles. The molecule has 0 atom stereocenters. The van der Waals surface area contributed by atoms with Crippen LogP contribution in [0.1, 0.15) is 15.9 Å². The Morgan fingerprint density at radius 3 is 2.48 bits per heavy atom. The van der Waals surface area contributed by atoms with Gasteiger partial charge in [0.2, 0.25) is 10.0 Å². The first-order valence-corrected chi connectivity index (χ1v) is 14.8. The van der Waals surface area contributed by atoms with Crippen molar-refractivity contribution >= 4 is 55.0 Å². The largest absolute Gasteiger partial charge is 0.497 e. The first-order chi connectivity index (χ1) is 19.1. The Bertz CT molecular complexity index is 1720. The lowest BCUT2D eigenvalue weighted by molar-refractivity contribution is 0.102. The lowest BCUT2D eigenvalue weighted by Crippen LogP contribution is -2.12. The van der Waals surface area contributed by atoms with Crippen LogP contribution in [0, 0.1) is 11.3 Å². The van der Waals surface area contributed by atoms with E-state index in [-0.39, 0.29) is 38.7 Å². The highest BCUT2D eigenvalue weighted by molar-refractivity contribution is 9.10. The predicted octanol–water partition coefficient (Wildman–Crippen LogP) is 5.16. The Labute approximate surface area is 243 Å². The number of nitrogens with zero attached hydrogens (tertiary/aromatic N) is 3. The van der Waals surface area contributed by atoms with Crippen LogP contribution in [0.15, 0.2) is 81.3 Å². The van der Waals surface area contributed by atoms with Crippen molar-refractivity contribution in [1.29, 1.82) is 5.26 Å². The lowest BCUT2D eigenvalue weighted by Gasteiger charge is -2.15. The van der Waals surface area contributed by atoms with Crippen molar-refractivity contribution in [3.63, 3.8) is 0 Å². The zero-order chi connectivity index (χ0) is 28.9. The highest BCUT2D eigenvalue weighted by Gasteiger charge is 2.21. The van der Waals surface area contributed by atoms with Gasteiger partial charge in [-0.3, -0.25) is 4.79 Å². The van der Waals surface area contributed by atoms with Crippen LogP contribution in [0.2, 0.25) is 0 Å². The molecule has 0 aliphatic carbocycles. The fourth-order valence-electron chi connectivity index (χ4n) is 3.63. The number of rotatable bonds is 10. The van der Waals surface area contributed by atoms with Gasteiger partial charge in [-0.1, -0.05) is 45.9 Å². The maximum absolute atomic E-state index is 12.8. The van der Waals surface area contributed by atoms with Crippen molar-refractivity contribution < 1.29 is 22.7 Å². The number of sulfonamides is 1. The molecule has 0 aliphatic rings. The van der Waals surface area contributed by atoms with Gasteiger partial charge in [0.05, 0.1) is 30.6 Å². The van der Waals surface area contributed by atoms with Crippen LogP contribution in [-0.4, -0.2) is 44.1 Å². The second kappa shape index (κ2) is 12.5. The minimum Gasteiger partial charge on any atom is -0.497 e. The minimum absolute atomic E-state index is 0.0303. The van der Waals surface area contributed by atoms with Gasteiger partial charge in [-0.15, -0.1) is 0 Å². The number of hydrogen-bond acceptors (Lipinski definition) is 10. The van der Waals surface area contributed by atoms with Crippen LogP contribution in [0.5, 0.6) is 11.5 Å². The standard InChI is InChI=1S/C27H22BrN5O5S2/c1-37-19-10-11-24(38-2)21(13-19)25-22(14-29)26(31-18-4-3-5-20(12-18)40(30,35)36)33-27(32-25)39-15-23(34)16-6-8-17(28)9-7-16/h3-13H,15H2,1-2H3,(H2,30,35,36)(H,31,32,33). The number of nitrogens with one attached hydrogen (secondary N) is 1. The summed E-state index contributed by atoms with van der Waals surface area (Å²) < 4.78 is 35.5. The highest BCUT2D eigenvalue weighted by atomic mass is 79.9. The summed E-state index contributed by atoms with van der Waals surface area (Å²) in [7, 11) is -0.969. The summed E-state index contributed by atoms with van der Waals surface area (Å²) in [6.45, 7) is 0. The summed E-state index contributed by atoms with van der Waals surface area (Å²) in [6, 6.07) is 20.0. The quantitative estimate of drug-likeness (QED) is 0.135. The Morgan fingerprint density at radius 2 is 1.82 bits per heavy atom. The maximum atomic E-state index is 12.8. The van der Waals surface area contributed by atoms with Gasteiger partial charge in [-0.25, -0.2) is 23.5 Å². The third kappa shape index (κ3) is 6.78. The molecule has 0 saturated carbocycles. The molecular formula is C27H22BrN5O5S2. The molecule has 10 nitrogen and oxygen atoms in total. The van der Waals surface area contributed by atoms with E-state index in [0.29, 0.717) is 28.3 Å². The molecule has 3 N–H and O–H groups in total. The fraction of sp³-hybridized carbons (Fsp3) is 0.111. The van der Waals surface area contributed by atoms with E-state index in [2.05, 4.69) is 37.3 Å². The molecule has 0 unspecified atom stereocenters. The molecule has 0 bridgehead atoms. The Hall–Kier alpha value is -3.96. The molecule has 4 aromatic rings. The molecule has 40 heavy (non-hydrogen) atoms. The van der Waals surface area contributed by atoms with Gasteiger partial charge in [0.25, 0.3) is 0 Å². The van der Waals surface area contributed by atoms with E-state index in [1.807, 2.05) is 0 Å². The summed E-state index contributed by atoms with van der Waals surface area (Å²) in [5.74, 6) is 0.931. The highest BCUT2D eigenvalue weighted by Crippen LogP contribution is 2.38. The number of benzene rings is 3. The average molecular weight is 641 g/mol. The third-order valence-corrected chi connectivity index (χ3v) is 7.87. The molecule has 1 aromatic heterocycles. The van der Waals surface area contributed by atoms with Crippen LogP contribution in [-0.2, 0) is 10.0 Å². The number of carbonyl (C=O) groups is 1. The van der Waals surface area contributed by atoms with E-state index in [1.54, 1.807) is 48.5 Å². The molecule has 0 spiro atoms. The molecule has 4 rings (SSSR count). The van der Waals surface area contributed by atoms with Crippen molar-refractivity contribution in [2.75, 3.05) is 25.3 Å². The molecule has 3 aromatic carbocycles. The molecular weight excluding hydrogens is 618 g/mol. The number of halogens is 1.